The molecule has 0 fully saturated rings. The van der Waals surface area contributed by atoms with Gasteiger partial charge in [-0.15, -0.1) is 0 Å². The number of amides is 1. The fraction of sp³-hybridized carbons (Fsp3) is 0.526. The van der Waals surface area contributed by atoms with Gasteiger partial charge in [0.25, 0.3) is 0 Å². The van der Waals surface area contributed by atoms with Gasteiger partial charge in [0.15, 0.2) is 0 Å². The second kappa shape index (κ2) is 7.25. The lowest BCUT2D eigenvalue weighted by atomic mass is 9.99. The molecule has 1 amide bonds. The minimum atomic E-state index is 0.0184. The minimum absolute atomic E-state index is 0.0184. The van der Waals surface area contributed by atoms with E-state index in [2.05, 4.69) is 44.6 Å². The Labute approximate surface area is 148 Å². The maximum Gasteiger partial charge on any atom is 0.224 e. The summed E-state index contributed by atoms with van der Waals surface area (Å²) < 4.78 is 1.86. The number of hydrogen-bond acceptors (Lipinski definition) is 4. The van der Waals surface area contributed by atoms with Gasteiger partial charge in [-0.05, 0) is 37.3 Å². The maximum atomic E-state index is 12.4. The zero-order valence-electron chi connectivity index (χ0n) is 14.5. The summed E-state index contributed by atoms with van der Waals surface area (Å²) in [5.74, 6) is 1.16. The molecule has 2 aromatic rings. The SMILES string of the molecule is O=C(NCCCN1CCCc2ccccc21)C1CCc2ncnn2C1. The quantitative estimate of drug-likeness (QED) is 0.844. The predicted molar refractivity (Wildman–Crippen MR) is 96.4 cm³/mol. The molecule has 1 unspecified atom stereocenters. The van der Waals surface area contributed by atoms with Crippen LogP contribution in [0.25, 0.3) is 0 Å². The number of nitrogens with zero attached hydrogens (tertiary/aromatic N) is 4. The molecule has 3 heterocycles. The Morgan fingerprint density at radius 3 is 3.16 bits per heavy atom. The topological polar surface area (TPSA) is 63.1 Å². The summed E-state index contributed by atoms with van der Waals surface area (Å²) in [6.45, 7) is 3.50. The fourth-order valence-corrected chi connectivity index (χ4v) is 3.92. The van der Waals surface area contributed by atoms with Crippen molar-refractivity contribution in [2.24, 2.45) is 5.92 Å². The van der Waals surface area contributed by atoms with Crippen LogP contribution in [0.5, 0.6) is 0 Å². The Kier molecular flexibility index (Phi) is 4.68. The third kappa shape index (κ3) is 3.52. The lowest BCUT2D eigenvalue weighted by molar-refractivity contribution is -0.126. The summed E-state index contributed by atoms with van der Waals surface area (Å²) in [6, 6.07) is 8.67. The van der Waals surface area contributed by atoms with E-state index in [9.17, 15) is 4.79 Å². The smallest absolute Gasteiger partial charge is 0.224 e. The molecule has 0 aliphatic carbocycles. The third-order valence-electron chi connectivity index (χ3n) is 5.29. The molecular weight excluding hydrogens is 314 g/mol. The van der Waals surface area contributed by atoms with E-state index >= 15 is 0 Å². The van der Waals surface area contributed by atoms with Crippen molar-refractivity contribution in [3.8, 4) is 0 Å². The van der Waals surface area contributed by atoms with Gasteiger partial charge in [0.1, 0.15) is 12.2 Å². The van der Waals surface area contributed by atoms with Crippen LogP contribution in [0.3, 0.4) is 0 Å². The average Bonchev–Trinajstić information content (AvgIpc) is 3.13. The van der Waals surface area contributed by atoms with Gasteiger partial charge in [0.2, 0.25) is 5.91 Å². The van der Waals surface area contributed by atoms with Crippen molar-refractivity contribution in [2.45, 2.75) is 38.6 Å². The summed E-state index contributed by atoms with van der Waals surface area (Å²) in [6.07, 6.45) is 6.64. The van der Waals surface area contributed by atoms with E-state index < -0.39 is 0 Å². The largest absolute Gasteiger partial charge is 0.371 e. The van der Waals surface area contributed by atoms with Crippen molar-refractivity contribution in [1.29, 1.82) is 0 Å². The van der Waals surface area contributed by atoms with Crippen LogP contribution >= 0.6 is 0 Å². The number of aromatic nitrogens is 3. The van der Waals surface area contributed by atoms with Crippen LogP contribution < -0.4 is 10.2 Å². The summed E-state index contributed by atoms with van der Waals surface area (Å²) in [5.41, 5.74) is 2.81. The highest BCUT2D eigenvalue weighted by Crippen LogP contribution is 2.26. The van der Waals surface area contributed by atoms with Gasteiger partial charge in [0.05, 0.1) is 12.5 Å². The van der Waals surface area contributed by atoms with E-state index in [4.69, 9.17) is 0 Å². The number of carbonyl (C=O) groups excluding carboxylic acids is 1. The Morgan fingerprint density at radius 1 is 1.28 bits per heavy atom. The average molecular weight is 339 g/mol. The molecule has 2 aliphatic rings. The lowest BCUT2D eigenvalue weighted by Crippen LogP contribution is -2.38. The third-order valence-corrected chi connectivity index (χ3v) is 5.29. The Bertz CT molecular complexity index is 741. The highest BCUT2D eigenvalue weighted by molar-refractivity contribution is 5.78. The van der Waals surface area contributed by atoms with Gasteiger partial charge in [-0.25, -0.2) is 9.67 Å². The van der Waals surface area contributed by atoms with Gasteiger partial charge in [-0.3, -0.25) is 4.79 Å². The van der Waals surface area contributed by atoms with Crippen LogP contribution in [0, 0.1) is 5.92 Å². The van der Waals surface area contributed by atoms with Crippen molar-refractivity contribution < 1.29 is 4.79 Å². The Balaban J connectivity index is 1.23. The van der Waals surface area contributed by atoms with Crippen molar-refractivity contribution in [3.63, 3.8) is 0 Å². The molecule has 1 atom stereocenters. The van der Waals surface area contributed by atoms with Crippen molar-refractivity contribution in [2.75, 3.05) is 24.5 Å². The standard InChI is InChI=1S/C19H25N5O/c25-19(16-8-9-18-21-14-22-24(18)13-16)20-10-4-12-23-11-3-6-15-5-1-2-7-17(15)23/h1-2,5,7,14,16H,3-4,6,8-13H2,(H,20,25). The lowest BCUT2D eigenvalue weighted by Gasteiger charge is -2.31. The number of aryl methyl sites for hydroxylation is 2. The molecule has 0 radical (unpaired) electrons. The number of anilines is 1. The molecule has 2 aliphatic heterocycles. The Hall–Kier alpha value is -2.37. The molecule has 1 aromatic heterocycles. The van der Waals surface area contributed by atoms with Gasteiger partial charge in [0, 0.05) is 31.7 Å². The van der Waals surface area contributed by atoms with Crippen LogP contribution in [-0.2, 0) is 24.2 Å². The second-order valence-corrected chi connectivity index (χ2v) is 6.96. The van der Waals surface area contributed by atoms with Gasteiger partial charge >= 0.3 is 0 Å². The monoisotopic (exact) mass is 339 g/mol. The molecule has 0 spiro atoms. The molecule has 4 rings (SSSR count). The number of rotatable bonds is 5. The van der Waals surface area contributed by atoms with E-state index in [1.807, 2.05) is 4.68 Å². The molecule has 6 heteroatoms. The van der Waals surface area contributed by atoms with E-state index in [1.54, 1.807) is 6.33 Å². The van der Waals surface area contributed by atoms with Crippen molar-refractivity contribution >= 4 is 11.6 Å². The zero-order valence-corrected chi connectivity index (χ0v) is 14.5. The Morgan fingerprint density at radius 2 is 2.20 bits per heavy atom. The second-order valence-electron chi connectivity index (χ2n) is 6.96. The fourth-order valence-electron chi connectivity index (χ4n) is 3.92. The molecule has 6 nitrogen and oxygen atoms in total. The summed E-state index contributed by atoms with van der Waals surface area (Å²) >= 11 is 0. The van der Waals surface area contributed by atoms with Crippen LogP contribution in [0.2, 0.25) is 0 Å². The summed E-state index contributed by atoms with van der Waals surface area (Å²) in [5, 5.41) is 7.30. The number of hydrogen-bond donors (Lipinski definition) is 1. The van der Waals surface area contributed by atoms with Crippen molar-refractivity contribution in [3.05, 3.63) is 42.0 Å². The maximum absolute atomic E-state index is 12.4. The molecular formula is C19H25N5O. The molecule has 1 aromatic carbocycles. The number of carbonyl (C=O) groups is 1. The molecule has 25 heavy (non-hydrogen) atoms. The van der Waals surface area contributed by atoms with E-state index in [0.29, 0.717) is 6.54 Å². The van der Waals surface area contributed by atoms with Crippen LogP contribution in [-0.4, -0.2) is 40.3 Å². The molecule has 0 bridgehead atoms. The number of nitrogens with one attached hydrogen (secondary N) is 1. The normalized spacial score (nSPS) is 19.2. The zero-order chi connectivity index (χ0) is 17.1. The summed E-state index contributed by atoms with van der Waals surface area (Å²) in [7, 11) is 0. The number of benzene rings is 1. The molecule has 1 N–H and O–H groups in total. The van der Waals surface area contributed by atoms with E-state index in [1.165, 1.54) is 24.1 Å². The molecule has 132 valence electrons. The highest BCUT2D eigenvalue weighted by Gasteiger charge is 2.25. The number of para-hydroxylation sites is 1. The summed E-state index contributed by atoms with van der Waals surface area (Å²) in [4.78, 5) is 19.1. The van der Waals surface area contributed by atoms with Crippen molar-refractivity contribution in [1.82, 2.24) is 20.1 Å². The van der Waals surface area contributed by atoms with Crippen LogP contribution in [0.15, 0.2) is 30.6 Å². The molecule has 0 saturated carbocycles. The van der Waals surface area contributed by atoms with Crippen LogP contribution in [0.1, 0.15) is 30.7 Å². The van der Waals surface area contributed by atoms with Gasteiger partial charge < -0.3 is 10.2 Å². The van der Waals surface area contributed by atoms with Crippen LogP contribution in [0.4, 0.5) is 5.69 Å². The highest BCUT2D eigenvalue weighted by atomic mass is 16.1. The van der Waals surface area contributed by atoms with Gasteiger partial charge in [-0.1, -0.05) is 18.2 Å². The first-order valence-corrected chi connectivity index (χ1v) is 9.28. The van der Waals surface area contributed by atoms with E-state index in [0.717, 1.165) is 44.7 Å². The minimum Gasteiger partial charge on any atom is -0.371 e. The van der Waals surface area contributed by atoms with E-state index in [-0.39, 0.29) is 11.8 Å². The predicted octanol–water partition coefficient (Wildman–Crippen LogP) is 1.80. The first kappa shape index (κ1) is 16.1. The first-order chi connectivity index (χ1) is 12.3. The molecule has 0 saturated heterocycles. The number of fused-ring (bicyclic) bond motifs is 2. The first-order valence-electron chi connectivity index (χ1n) is 9.28. The van der Waals surface area contributed by atoms with Gasteiger partial charge in [-0.2, -0.15) is 5.10 Å².